The van der Waals surface area contributed by atoms with Gasteiger partial charge in [-0.15, -0.1) is 0 Å². The molecule has 0 bridgehead atoms. The van der Waals surface area contributed by atoms with Gasteiger partial charge in [-0.25, -0.2) is 4.79 Å². The van der Waals surface area contributed by atoms with E-state index in [9.17, 15) is 9.59 Å². The molecule has 5 heteroatoms. The first-order chi connectivity index (χ1) is 7.72. The molecule has 1 saturated carbocycles. The molecule has 0 radical (unpaired) electrons. The van der Waals surface area contributed by atoms with Crippen LogP contribution >= 0.6 is 0 Å². The molecule has 3 amide bonds. The number of urea groups is 1. The summed E-state index contributed by atoms with van der Waals surface area (Å²) in [6, 6.07) is 0.0427. The van der Waals surface area contributed by atoms with Crippen LogP contribution < -0.4 is 16.0 Å². The largest absolute Gasteiger partial charge is 0.355 e. The number of likely N-dealkylation sites (N-methyl/N-ethyl adjacent to an activating group) is 1. The number of nitrogens with one attached hydrogen (secondary N) is 3. The van der Waals surface area contributed by atoms with E-state index in [1.165, 1.54) is 19.3 Å². The first kappa shape index (κ1) is 12.8. The lowest BCUT2D eigenvalue weighted by molar-refractivity contribution is -0.119. The lowest BCUT2D eigenvalue weighted by Gasteiger charge is -2.22. The summed E-state index contributed by atoms with van der Waals surface area (Å²) in [7, 11) is 0. The van der Waals surface area contributed by atoms with E-state index in [0.29, 0.717) is 6.54 Å². The van der Waals surface area contributed by atoms with Gasteiger partial charge in [0, 0.05) is 12.6 Å². The molecule has 0 unspecified atom stereocenters. The number of rotatable bonds is 4. The number of carbonyl (C=O) groups excluding carboxylic acids is 2. The highest BCUT2D eigenvalue weighted by Gasteiger charge is 2.15. The van der Waals surface area contributed by atoms with Crippen molar-refractivity contribution in [3.8, 4) is 0 Å². The molecule has 1 aliphatic carbocycles. The predicted octanol–water partition coefficient (Wildman–Crippen LogP) is 0.754. The summed E-state index contributed by atoms with van der Waals surface area (Å²) in [4.78, 5) is 22.5. The van der Waals surface area contributed by atoms with Gasteiger partial charge in [-0.05, 0) is 19.8 Å². The lowest BCUT2D eigenvalue weighted by Crippen LogP contribution is -2.46. The first-order valence-corrected chi connectivity index (χ1v) is 6.03. The van der Waals surface area contributed by atoms with E-state index in [2.05, 4.69) is 16.0 Å². The van der Waals surface area contributed by atoms with Gasteiger partial charge >= 0.3 is 6.03 Å². The number of amides is 3. The number of carbonyl (C=O) groups is 2. The number of hydrogen-bond acceptors (Lipinski definition) is 2. The fourth-order valence-corrected chi connectivity index (χ4v) is 1.90. The maximum absolute atomic E-state index is 11.4. The zero-order valence-corrected chi connectivity index (χ0v) is 9.84. The summed E-state index contributed by atoms with van der Waals surface area (Å²) in [5.41, 5.74) is 0. The maximum Gasteiger partial charge on any atom is 0.315 e. The fraction of sp³-hybridized carbons (Fsp3) is 0.818. The van der Waals surface area contributed by atoms with Crippen LogP contribution in [-0.2, 0) is 4.79 Å². The van der Waals surface area contributed by atoms with Crippen molar-refractivity contribution in [3.63, 3.8) is 0 Å². The molecule has 0 aromatic rings. The second-order valence-electron chi connectivity index (χ2n) is 4.12. The Bertz CT molecular complexity index is 237. The van der Waals surface area contributed by atoms with Crippen LogP contribution in [0.4, 0.5) is 4.79 Å². The summed E-state index contributed by atoms with van der Waals surface area (Å²) >= 11 is 0. The molecule has 5 nitrogen and oxygen atoms in total. The average molecular weight is 227 g/mol. The van der Waals surface area contributed by atoms with Gasteiger partial charge in [-0.2, -0.15) is 0 Å². The summed E-state index contributed by atoms with van der Waals surface area (Å²) in [6.07, 6.45) is 5.73. The van der Waals surface area contributed by atoms with Gasteiger partial charge in [-0.1, -0.05) is 19.3 Å². The minimum atomic E-state index is -0.238. The van der Waals surface area contributed by atoms with Crippen molar-refractivity contribution in [2.24, 2.45) is 0 Å². The van der Waals surface area contributed by atoms with E-state index >= 15 is 0 Å². The molecule has 0 saturated heterocycles. The van der Waals surface area contributed by atoms with Crippen molar-refractivity contribution < 1.29 is 9.59 Å². The maximum atomic E-state index is 11.4. The summed E-state index contributed by atoms with van der Waals surface area (Å²) < 4.78 is 0. The Kier molecular flexibility index (Phi) is 5.67. The molecule has 0 aliphatic heterocycles. The van der Waals surface area contributed by atoms with Crippen LogP contribution in [-0.4, -0.2) is 31.1 Å². The Morgan fingerprint density at radius 3 is 2.44 bits per heavy atom. The van der Waals surface area contributed by atoms with E-state index in [4.69, 9.17) is 0 Å². The molecule has 92 valence electrons. The Morgan fingerprint density at radius 1 is 1.12 bits per heavy atom. The van der Waals surface area contributed by atoms with Crippen molar-refractivity contribution in [2.75, 3.05) is 13.1 Å². The smallest absolute Gasteiger partial charge is 0.315 e. The molecule has 0 aromatic heterocycles. The van der Waals surface area contributed by atoms with Gasteiger partial charge in [0.05, 0.1) is 6.54 Å². The lowest BCUT2D eigenvalue weighted by atomic mass is 9.96. The molecular formula is C11H21N3O2. The third-order valence-corrected chi connectivity index (χ3v) is 2.72. The SMILES string of the molecule is CCNC(=O)CNC(=O)NC1CCCCC1. The van der Waals surface area contributed by atoms with Gasteiger partial charge in [0.1, 0.15) is 0 Å². The Morgan fingerprint density at radius 2 is 1.81 bits per heavy atom. The summed E-state index contributed by atoms with van der Waals surface area (Å²) in [5, 5.41) is 8.06. The van der Waals surface area contributed by atoms with Gasteiger partial charge in [0.15, 0.2) is 0 Å². The van der Waals surface area contributed by atoms with Gasteiger partial charge < -0.3 is 16.0 Å². The minimum Gasteiger partial charge on any atom is -0.355 e. The minimum absolute atomic E-state index is 0.0480. The van der Waals surface area contributed by atoms with Crippen molar-refractivity contribution in [2.45, 2.75) is 45.1 Å². The molecule has 0 spiro atoms. The van der Waals surface area contributed by atoms with E-state index in [1.807, 2.05) is 6.92 Å². The topological polar surface area (TPSA) is 70.2 Å². The second-order valence-corrected chi connectivity index (χ2v) is 4.12. The molecule has 16 heavy (non-hydrogen) atoms. The molecule has 1 fully saturated rings. The van der Waals surface area contributed by atoms with E-state index in [1.54, 1.807) is 0 Å². The monoisotopic (exact) mass is 227 g/mol. The van der Waals surface area contributed by atoms with Crippen molar-refractivity contribution in [1.82, 2.24) is 16.0 Å². The van der Waals surface area contributed by atoms with Gasteiger partial charge in [-0.3, -0.25) is 4.79 Å². The van der Waals surface area contributed by atoms with Crippen LogP contribution in [0, 0.1) is 0 Å². The van der Waals surface area contributed by atoms with Gasteiger partial charge in [0.2, 0.25) is 5.91 Å². The Balaban J connectivity index is 2.12. The number of hydrogen-bond donors (Lipinski definition) is 3. The van der Waals surface area contributed by atoms with Crippen LogP contribution in [0.25, 0.3) is 0 Å². The standard InChI is InChI=1S/C11H21N3O2/c1-2-12-10(15)8-13-11(16)14-9-6-4-3-5-7-9/h9H,2-8H2,1H3,(H,12,15)(H2,13,14,16). The van der Waals surface area contributed by atoms with E-state index < -0.39 is 0 Å². The fourth-order valence-electron chi connectivity index (χ4n) is 1.90. The Hall–Kier alpha value is -1.26. The molecule has 1 aliphatic rings. The molecular weight excluding hydrogens is 206 g/mol. The second kappa shape index (κ2) is 7.09. The van der Waals surface area contributed by atoms with Gasteiger partial charge in [0.25, 0.3) is 0 Å². The molecule has 0 aromatic carbocycles. The summed E-state index contributed by atoms with van der Waals surface area (Å²) in [5.74, 6) is -0.152. The highest BCUT2D eigenvalue weighted by molar-refractivity contribution is 5.83. The van der Waals surface area contributed by atoms with Crippen molar-refractivity contribution in [3.05, 3.63) is 0 Å². The normalized spacial score (nSPS) is 16.6. The Labute approximate surface area is 96.4 Å². The van der Waals surface area contributed by atoms with Crippen LogP contribution in [0.15, 0.2) is 0 Å². The third kappa shape index (κ3) is 5.00. The van der Waals surface area contributed by atoms with E-state index in [0.717, 1.165) is 12.8 Å². The van der Waals surface area contributed by atoms with Crippen LogP contribution in [0.5, 0.6) is 0 Å². The highest BCUT2D eigenvalue weighted by Crippen LogP contribution is 2.16. The van der Waals surface area contributed by atoms with Crippen LogP contribution in [0.3, 0.4) is 0 Å². The molecule has 0 atom stereocenters. The molecule has 1 rings (SSSR count). The first-order valence-electron chi connectivity index (χ1n) is 6.03. The average Bonchev–Trinajstić information content (AvgIpc) is 2.28. The third-order valence-electron chi connectivity index (χ3n) is 2.72. The molecule has 3 N–H and O–H groups in total. The van der Waals surface area contributed by atoms with Crippen LogP contribution in [0.2, 0.25) is 0 Å². The zero-order valence-electron chi connectivity index (χ0n) is 9.84. The summed E-state index contributed by atoms with van der Waals surface area (Å²) in [6.45, 7) is 2.48. The highest BCUT2D eigenvalue weighted by atomic mass is 16.2. The van der Waals surface area contributed by atoms with Crippen molar-refractivity contribution >= 4 is 11.9 Å². The van der Waals surface area contributed by atoms with Crippen molar-refractivity contribution in [1.29, 1.82) is 0 Å². The zero-order chi connectivity index (χ0) is 11.8. The quantitative estimate of drug-likeness (QED) is 0.663. The molecule has 0 heterocycles. The van der Waals surface area contributed by atoms with Crippen LogP contribution in [0.1, 0.15) is 39.0 Å². The predicted molar refractivity (Wildman–Crippen MR) is 62.1 cm³/mol. The van der Waals surface area contributed by atoms with E-state index in [-0.39, 0.29) is 24.5 Å².